The number of nitrogens with zero attached hydrogens (tertiary/aromatic N) is 2. The van der Waals surface area contributed by atoms with E-state index in [1.807, 2.05) is 6.07 Å². The summed E-state index contributed by atoms with van der Waals surface area (Å²) in [6.07, 6.45) is 0. The zero-order chi connectivity index (χ0) is 17.1. The Kier molecular flexibility index (Phi) is 4.32. The Labute approximate surface area is 148 Å². The van der Waals surface area contributed by atoms with E-state index >= 15 is 0 Å². The van der Waals surface area contributed by atoms with Crippen LogP contribution in [0.3, 0.4) is 0 Å². The summed E-state index contributed by atoms with van der Waals surface area (Å²) in [5.74, 6) is 1.10. The summed E-state index contributed by atoms with van der Waals surface area (Å²) in [7, 11) is 2.10. The molecule has 0 saturated heterocycles. The van der Waals surface area contributed by atoms with E-state index in [0.29, 0.717) is 0 Å². The van der Waals surface area contributed by atoms with Gasteiger partial charge in [-0.2, -0.15) is 0 Å². The zero-order valence-electron chi connectivity index (χ0n) is 14.3. The number of para-hydroxylation sites is 2. The number of aryl methyl sites for hydroxylation is 1. The van der Waals surface area contributed by atoms with Gasteiger partial charge in [0, 0.05) is 18.2 Å². The first kappa shape index (κ1) is 15.6. The molecular weight excluding hydrogens is 306 g/mol. The molecule has 0 aliphatic heterocycles. The predicted molar refractivity (Wildman–Crippen MR) is 101 cm³/mol. The molecule has 2 N–H and O–H groups in total. The van der Waals surface area contributed by atoms with E-state index in [9.17, 15) is 0 Å². The average molecular weight is 328 g/mol. The molecule has 0 bridgehead atoms. The van der Waals surface area contributed by atoms with E-state index in [1.54, 1.807) is 0 Å². The van der Waals surface area contributed by atoms with Crippen LogP contribution >= 0.6 is 0 Å². The smallest absolute Gasteiger partial charge is 0.165 e. The molecule has 0 atom stereocenters. The van der Waals surface area contributed by atoms with Gasteiger partial charge < -0.3 is 9.88 Å². The Morgan fingerprint density at radius 1 is 0.800 bits per heavy atom. The summed E-state index contributed by atoms with van der Waals surface area (Å²) in [5.41, 5.74) is 4.87. The van der Waals surface area contributed by atoms with Crippen LogP contribution in [-0.2, 0) is 13.6 Å². The van der Waals surface area contributed by atoms with Gasteiger partial charge in [0.15, 0.2) is 5.82 Å². The molecule has 1 heterocycles. The number of fused-ring (bicyclic) bond motifs is 1. The second-order valence-corrected chi connectivity index (χ2v) is 6.31. The SMILES string of the molecule is Cn1c(C[NH2+]C(c2ccccc2)c2ccccc2)nc2ccccc21. The standard InChI is InChI=1S/C22H21N3/c1-25-20-15-9-8-14-19(20)24-21(25)16-23-22(17-10-4-2-5-11-17)18-12-6-3-7-13-18/h2-15,22-23H,16H2,1H3/p+1. The number of imidazole rings is 1. The fourth-order valence-corrected chi connectivity index (χ4v) is 3.39. The molecule has 0 aliphatic carbocycles. The van der Waals surface area contributed by atoms with Crippen molar-refractivity contribution >= 4 is 11.0 Å². The van der Waals surface area contributed by atoms with Gasteiger partial charge in [0.05, 0.1) is 11.0 Å². The van der Waals surface area contributed by atoms with E-state index in [1.165, 1.54) is 16.6 Å². The molecule has 0 spiro atoms. The number of hydrogen-bond acceptors (Lipinski definition) is 1. The topological polar surface area (TPSA) is 34.4 Å². The van der Waals surface area contributed by atoms with Gasteiger partial charge in [-0.15, -0.1) is 0 Å². The van der Waals surface area contributed by atoms with Gasteiger partial charge in [0.2, 0.25) is 0 Å². The maximum Gasteiger partial charge on any atom is 0.165 e. The Morgan fingerprint density at radius 2 is 1.36 bits per heavy atom. The molecular formula is C22H22N3+. The Morgan fingerprint density at radius 3 is 1.96 bits per heavy atom. The maximum atomic E-state index is 4.80. The van der Waals surface area contributed by atoms with Crippen molar-refractivity contribution in [2.45, 2.75) is 12.6 Å². The van der Waals surface area contributed by atoms with Crippen LogP contribution in [0, 0.1) is 0 Å². The monoisotopic (exact) mass is 328 g/mol. The van der Waals surface area contributed by atoms with Crippen LogP contribution in [-0.4, -0.2) is 9.55 Å². The Balaban J connectivity index is 1.64. The highest BCUT2D eigenvalue weighted by Gasteiger charge is 2.18. The lowest BCUT2D eigenvalue weighted by molar-refractivity contribution is -0.703. The summed E-state index contributed by atoms with van der Waals surface area (Å²) in [6, 6.07) is 29.9. The lowest BCUT2D eigenvalue weighted by Crippen LogP contribution is -2.84. The summed E-state index contributed by atoms with van der Waals surface area (Å²) in [4.78, 5) is 4.80. The normalized spacial score (nSPS) is 11.3. The van der Waals surface area contributed by atoms with Crippen molar-refractivity contribution in [2.75, 3.05) is 0 Å². The van der Waals surface area contributed by atoms with Crippen molar-refractivity contribution in [3.8, 4) is 0 Å². The number of hydrogen-bond donors (Lipinski definition) is 1. The quantitative estimate of drug-likeness (QED) is 0.598. The molecule has 0 aliphatic rings. The molecule has 3 aromatic carbocycles. The molecule has 3 heteroatoms. The van der Waals surface area contributed by atoms with Gasteiger partial charge in [0.1, 0.15) is 12.6 Å². The molecule has 4 rings (SSSR count). The van der Waals surface area contributed by atoms with Crippen molar-refractivity contribution < 1.29 is 5.32 Å². The molecule has 4 aromatic rings. The first-order chi connectivity index (χ1) is 12.3. The molecule has 124 valence electrons. The van der Waals surface area contributed by atoms with Crippen molar-refractivity contribution in [1.82, 2.24) is 9.55 Å². The minimum Gasteiger partial charge on any atom is -0.330 e. The number of quaternary nitrogens is 1. The third kappa shape index (κ3) is 3.19. The molecule has 0 amide bonds. The number of rotatable bonds is 5. The highest BCUT2D eigenvalue weighted by Crippen LogP contribution is 2.18. The van der Waals surface area contributed by atoms with Crippen LogP contribution in [0.2, 0.25) is 0 Å². The fourth-order valence-electron chi connectivity index (χ4n) is 3.39. The summed E-state index contributed by atoms with van der Waals surface area (Å²) in [5, 5.41) is 2.37. The minimum absolute atomic E-state index is 0.266. The molecule has 1 aromatic heterocycles. The van der Waals surface area contributed by atoms with Crippen LogP contribution in [0.15, 0.2) is 84.9 Å². The van der Waals surface area contributed by atoms with Crippen LogP contribution in [0.5, 0.6) is 0 Å². The molecule has 0 unspecified atom stereocenters. The predicted octanol–water partition coefficient (Wildman–Crippen LogP) is 3.43. The van der Waals surface area contributed by atoms with E-state index in [4.69, 9.17) is 4.98 Å². The molecule has 25 heavy (non-hydrogen) atoms. The van der Waals surface area contributed by atoms with Crippen molar-refractivity contribution in [3.63, 3.8) is 0 Å². The van der Waals surface area contributed by atoms with E-state index in [0.717, 1.165) is 17.9 Å². The lowest BCUT2D eigenvalue weighted by atomic mass is 9.99. The zero-order valence-corrected chi connectivity index (χ0v) is 14.3. The minimum atomic E-state index is 0.266. The first-order valence-corrected chi connectivity index (χ1v) is 8.66. The lowest BCUT2D eigenvalue weighted by Gasteiger charge is -2.16. The average Bonchev–Trinajstić information content (AvgIpc) is 3.00. The second kappa shape index (κ2) is 6.91. The summed E-state index contributed by atoms with van der Waals surface area (Å²) >= 11 is 0. The van der Waals surface area contributed by atoms with Gasteiger partial charge in [-0.3, -0.25) is 0 Å². The van der Waals surface area contributed by atoms with E-state index in [2.05, 4.69) is 95.8 Å². The van der Waals surface area contributed by atoms with Gasteiger partial charge >= 0.3 is 0 Å². The van der Waals surface area contributed by atoms with Gasteiger partial charge in [-0.1, -0.05) is 72.8 Å². The van der Waals surface area contributed by atoms with Gasteiger partial charge in [0.25, 0.3) is 0 Å². The van der Waals surface area contributed by atoms with Gasteiger partial charge in [-0.25, -0.2) is 4.98 Å². The number of aromatic nitrogens is 2. The van der Waals surface area contributed by atoms with Crippen molar-refractivity contribution in [2.24, 2.45) is 7.05 Å². The third-order valence-corrected chi connectivity index (χ3v) is 4.73. The Hall–Kier alpha value is -2.91. The largest absolute Gasteiger partial charge is 0.330 e. The maximum absolute atomic E-state index is 4.80. The molecule has 0 fully saturated rings. The second-order valence-electron chi connectivity index (χ2n) is 6.31. The number of nitrogens with two attached hydrogens (primary N) is 1. The molecule has 3 nitrogen and oxygen atoms in total. The fraction of sp³-hybridized carbons (Fsp3) is 0.136. The number of benzene rings is 3. The molecule has 0 saturated carbocycles. The van der Waals surface area contributed by atoms with Gasteiger partial charge in [-0.05, 0) is 12.1 Å². The van der Waals surface area contributed by atoms with E-state index in [-0.39, 0.29) is 6.04 Å². The highest BCUT2D eigenvalue weighted by atomic mass is 15.1. The third-order valence-electron chi connectivity index (χ3n) is 4.73. The summed E-state index contributed by atoms with van der Waals surface area (Å²) in [6.45, 7) is 0.833. The molecule has 0 radical (unpaired) electrons. The Bertz CT molecular complexity index is 919. The highest BCUT2D eigenvalue weighted by molar-refractivity contribution is 5.75. The van der Waals surface area contributed by atoms with Crippen LogP contribution in [0.4, 0.5) is 0 Å². The first-order valence-electron chi connectivity index (χ1n) is 8.66. The van der Waals surface area contributed by atoms with Crippen molar-refractivity contribution in [1.29, 1.82) is 0 Å². The van der Waals surface area contributed by atoms with Crippen LogP contribution in [0.1, 0.15) is 23.0 Å². The van der Waals surface area contributed by atoms with Crippen molar-refractivity contribution in [3.05, 3.63) is 102 Å². The van der Waals surface area contributed by atoms with Crippen LogP contribution in [0.25, 0.3) is 11.0 Å². The summed E-state index contributed by atoms with van der Waals surface area (Å²) < 4.78 is 2.19. The van der Waals surface area contributed by atoms with E-state index < -0.39 is 0 Å². The van der Waals surface area contributed by atoms with Crippen LogP contribution < -0.4 is 5.32 Å².